The zero-order valence-corrected chi connectivity index (χ0v) is 15.4. The predicted octanol–water partition coefficient (Wildman–Crippen LogP) is 2.38. The van der Waals surface area contributed by atoms with Crippen molar-refractivity contribution in [2.24, 2.45) is 0 Å². The van der Waals surface area contributed by atoms with Gasteiger partial charge in [0.05, 0.1) is 6.42 Å². The number of aromatic nitrogens is 2. The molecule has 1 aromatic carbocycles. The normalized spacial score (nSPS) is 19.9. The van der Waals surface area contributed by atoms with E-state index in [9.17, 15) is 4.79 Å². The number of carbonyl (C=O) groups is 1. The van der Waals surface area contributed by atoms with Gasteiger partial charge in [0.25, 0.3) is 0 Å². The van der Waals surface area contributed by atoms with Crippen LogP contribution < -0.4 is 5.32 Å². The first-order valence-corrected chi connectivity index (χ1v) is 9.58. The highest BCUT2D eigenvalue weighted by atomic mass is 16.2. The van der Waals surface area contributed by atoms with E-state index in [1.807, 2.05) is 11.1 Å². The molecule has 1 fully saturated rings. The molecular formula is C21H26N4O. The van der Waals surface area contributed by atoms with Crippen LogP contribution in [0.4, 0.5) is 0 Å². The van der Waals surface area contributed by atoms with Crippen molar-refractivity contribution in [3.63, 3.8) is 0 Å². The summed E-state index contributed by atoms with van der Waals surface area (Å²) in [5, 5.41) is 3.36. The molecule has 1 atom stereocenters. The van der Waals surface area contributed by atoms with E-state index in [1.165, 1.54) is 16.8 Å². The molecule has 3 heterocycles. The van der Waals surface area contributed by atoms with Gasteiger partial charge in [-0.15, -0.1) is 0 Å². The molecule has 0 bridgehead atoms. The zero-order valence-electron chi connectivity index (χ0n) is 15.4. The number of hydrogen-bond donors (Lipinski definition) is 1. The van der Waals surface area contributed by atoms with Gasteiger partial charge in [-0.25, -0.2) is 9.97 Å². The first-order chi connectivity index (χ1) is 12.7. The van der Waals surface area contributed by atoms with Crippen molar-refractivity contribution in [2.75, 3.05) is 19.6 Å². The van der Waals surface area contributed by atoms with Crippen LogP contribution in [0.5, 0.6) is 0 Å². The van der Waals surface area contributed by atoms with Crippen LogP contribution in [0.2, 0.25) is 0 Å². The Bertz CT molecular complexity index is 787. The molecule has 0 spiro atoms. The van der Waals surface area contributed by atoms with Gasteiger partial charge in [-0.05, 0) is 25.3 Å². The summed E-state index contributed by atoms with van der Waals surface area (Å²) in [5.74, 6) is 1.38. The molecule has 1 N–H and O–H groups in total. The molecule has 1 saturated heterocycles. The third kappa shape index (κ3) is 3.78. The van der Waals surface area contributed by atoms with Crippen LogP contribution in [0, 0.1) is 6.92 Å². The largest absolute Gasteiger partial charge is 0.342 e. The van der Waals surface area contributed by atoms with E-state index in [0.29, 0.717) is 6.42 Å². The molecule has 1 unspecified atom stereocenters. The van der Waals surface area contributed by atoms with Gasteiger partial charge in [-0.3, -0.25) is 4.79 Å². The molecule has 1 amide bonds. The topological polar surface area (TPSA) is 58.1 Å². The number of amides is 1. The lowest BCUT2D eigenvalue weighted by Crippen LogP contribution is -2.40. The fourth-order valence-corrected chi connectivity index (χ4v) is 3.85. The molecular weight excluding hydrogens is 324 g/mol. The van der Waals surface area contributed by atoms with Crippen LogP contribution in [-0.2, 0) is 24.2 Å². The van der Waals surface area contributed by atoms with Gasteiger partial charge >= 0.3 is 0 Å². The van der Waals surface area contributed by atoms with E-state index >= 15 is 0 Å². The van der Waals surface area contributed by atoms with Crippen molar-refractivity contribution < 1.29 is 4.79 Å². The minimum Gasteiger partial charge on any atom is -0.342 e. The Morgan fingerprint density at radius 2 is 2.15 bits per heavy atom. The lowest BCUT2D eigenvalue weighted by Gasteiger charge is -2.32. The maximum atomic E-state index is 12.7. The number of likely N-dealkylation sites (tertiary alicyclic amines) is 1. The number of aryl methyl sites for hydroxylation is 1. The van der Waals surface area contributed by atoms with Gasteiger partial charge in [-0.2, -0.15) is 0 Å². The van der Waals surface area contributed by atoms with Gasteiger partial charge in [0.2, 0.25) is 5.91 Å². The summed E-state index contributed by atoms with van der Waals surface area (Å²) in [6.45, 7) is 5.49. The van der Waals surface area contributed by atoms with Gasteiger partial charge < -0.3 is 10.2 Å². The number of piperidine rings is 1. The van der Waals surface area contributed by atoms with Gasteiger partial charge in [0.15, 0.2) is 0 Å². The van der Waals surface area contributed by atoms with E-state index < -0.39 is 0 Å². The minimum absolute atomic E-state index is 0.209. The first-order valence-electron chi connectivity index (χ1n) is 9.58. The van der Waals surface area contributed by atoms with Crippen molar-refractivity contribution >= 4 is 5.91 Å². The third-order valence-corrected chi connectivity index (χ3v) is 5.44. The molecule has 1 aromatic heterocycles. The Labute approximate surface area is 154 Å². The Balaban J connectivity index is 1.43. The highest BCUT2D eigenvalue weighted by Gasteiger charge is 2.27. The summed E-state index contributed by atoms with van der Waals surface area (Å²) in [7, 11) is 0. The third-order valence-electron chi connectivity index (χ3n) is 5.44. The number of nitrogens with zero attached hydrogens (tertiary/aromatic N) is 3. The van der Waals surface area contributed by atoms with Crippen LogP contribution in [0.25, 0.3) is 0 Å². The smallest absolute Gasteiger partial charge is 0.227 e. The van der Waals surface area contributed by atoms with E-state index in [0.717, 1.165) is 56.8 Å². The summed E-state index contributed by atoms with van der Waals surface area (Å²) in [6, 6.07) is 8.24. The van der Waals surface area contributed by atoms with Crippen molar-refractivity contribution in [2.45, 2.75) is 45.1 Å². The van der Waals surface area contributed by atoms with E-state index in [-0.39, 0.29) is 11.8 Å². The van der Waals surface area contributed by atoms with Crippen LogP contribution in [0.1, 0.15) is 47.0 Å². The quantitative estimate of drug-likeness (QED) is 0.923. The number of hydrogen-bond acceptors (Lipinski definition) is 4. The molecule has 136 valence electrons. The molecule has 2 aliphatic rings. The van der Waals surface area contributed by atoms with E-state index in [4.69, 9.17) is 4.98 Å². The number of carbonyl (C=O) groups excluding carboxylic acids is 1. The Morgan fingerprint density at radius 3 is 3.00 bits per heavy atom. The van der Waals surface area contributed by atoms with E-state index in [1.54, 1.807) is 0 Å². The molecule has 2 aromatic rings. The Morgan fingerprint density at radius 1 is 1.31 bits per heavy atom. The lowest BCUT2D eigenvalue weighted by atomic mass is 9.96. The molecule has 0 saturated carbocycles. The molecule has 5 nitrogen and oxygen atoms in total. The van der Waals surface area contributed by atoms with Crippen LogP contribution in [0.15, 0.2) is 30.5 Å². The second kappa shape index (κ2) is 7.54. The molecule has 5 heteroatoms. The van der Waals surface area contributed by atoms with Crippen LogP contribution in [0.3, 0.4) is 0 Å². The standard InChI is InChI=1S/C21H26N4O/c1-15-4-6-16(7-5-15)11-20(26)25-10-2-3-17(14-25)21-23-13-18-12-22-9-8-19(18)24-21/h4-7,13,17,22H,2-3,8-12,14H2,1H3. The maximum absolute atomic E-state index is 12.7. The van der Waals surface area contributed by atoms with Crippen LogP contribution >= 0.6 is 0 Å². The average molecular weight is 350 g/mol. The number of rotatable bonds is 3. The summed E-state index contributed by atoms with van der Waals surface area (Å²) >= 11 is 0. The maximum Gasteiger partial charge on any atom is 0.227 e. The SMILES string of the molecule is Cc1ccc(CC(=O)N2CCCC(c3ncc4c(n3)CCNC4)C2)cc1. The molecule has 0 radical (unpaired) electrons. The fraction of sp³-hybridized carbons (Fsp3) is 0.476. The summed E-state index contributed by atoms with van der Waals surface area (Å²) in [5.41, 5.74) is 4.69. The number of benzene rings is 1. The van der Waals surface area contributed by atoms with Gasteiger partial charge in [0, 0.05) is 56.0 Å². The minimum atomic E-state index is 0.209. The average Bonchev–Trinajstić information content (AvgIpc) is 2.69. The molecule has 26 heavy (non-hydrogen) atoms. The summed E-state index contributed by atoms with van der Waals surface area (Å²) in [6.07, 6.45) is 5.49. The Hall–Kier alpha value is -2.27. The highest BCUT2D eigenvalue weighted by molar-refractivity contribution is 5.79. The van der Waals surface area contributed by atoms with Crippen molar-refractivity contribution in [3.05, 3.63) is 58.7 Å². The van der Waals surface area contributed by atoms with Crippen molar-refractivity contribution in [1.29, 1.82) is 0 Å². The number of nitrogens with one attached hydrogen (secondary N) is 1. The zero-order chi connectivity index (χ0) is 17.9. The summed E-state index contributed by atoms with van der Waals surface area (Å²) in [4.78, 5) is 24.2. The molecule has 4 rings (SSSR count). The molecule has 2 aliphatic heterocycles. The number of fused-ring (bicyclic) bond motifs is 1. The van der Waals surface area contributed by atoms with Crippen molar-refractivity contribution in [1.82, 2.24) is 20.2 Å². The summed E-state index contributed by atoms with van der Waals surface area (Å²) < 4.78 is 0. The van der Waals surface area contributed by atoms with Gasteiger partial charge in [0.1, 0.15) is 5.82 Å². The first kappa shape index (κ1) is 17.2. The van der Waals surface area contributed by atoms with Gasteiger partial charge in [-0.1, -0.05) is 29.8 Å². The van der Waals surface area contributed by atoms with Crippen LogP contribution in [-0.4, -0.2) is 40.4 Å². The Kier molecular flexibility index (Phi) is 4.98. The second-order valence-electron chi connectivity index (χ2n) is 7.47. The molecule has 0 aliphatic carbocycles. The second-order valence-corrected chi connectivity index (χ2v) is 7.47. The van der Waals surface area contributed by atoms with Crippen molar-refractivity contribution in [3.8, 4) is 0 Å². The fourth-order valence-electron chi connectivity index (χ4n) is 3.85. The highest BCUT2D eigenvalue weighted by Crippen LogP contribution is 2.26. The predicted molar refractivity (Wildman–Crippen MR) is 101 cm³/mol. The lowest BCUT2D eigenvalue weighted by molar-refractivity contribution is -0.131. The monoisotopic (exact) mass is 350 g/mol. The van der Waals surface area contributed by atoms with E-state index in [2.05, 4.69) is 41.5 Å².